The highest BCUT2D eigenvalue weighted by Crippen LogP contribution is 2.30. The van der Waals surface area contributed by atoms with Gasteiger partial charge in [0.1, 0.15) is 0 Å². The molecule has 0 spiro atoms. The molecule has 0 fully saturated rings. The van der Waals surface area contributed by atoms with Crippen molar-refractivity contribution >= 4 is 40.8 Å². The molecule has 0 unspecified atom stereocenters. The standard InChI is InChI=1S/C24H20Cl2N2O2/c1-4-30-24(29)20-7-5-6-8-23(20)28-15(2)11-18(16(28)3)12-19(14-27)17-9-10-21(25)22(26)13-17/h5-13H,4H2,1-3H3/b19-12-. The molecule has 0 radical (unpaired) electrons. The van der Waals surface area contributed by atoms with Crippen molar-refractivity contribution < 1.29 is 9.53 Å². The molecule has 0 atom stereocenters. The van der Waals surface area contributed by atoms with Gasteiger partial charge in [-0.2, -0.15) is 5.26 Å². The van der Waals surface area contributed by atoms with Crippen LogP contribution in [0.15, 0.2) is 48.5 Å². The molecule has 4 nitrogen and oxygen atoms in total. The van der Waals surface area contributed by atoms with Crippen LogP contribution in [0.1, 0.15) is 39.8 Å². The Hall–Kier alpha value is -3.00. The van der Waals surface area contributed by atoms with Gasteiger partial charge >= 0.3 is 5.97 Å². The summed E-state index contributed by atoms with van der Waals surface area (Å²) in [7, 11) is 0. The molecular formula is C24H20Cl2N2O2. The number of nitrogens with zero attached hydrogens (tertiary/aromatic N) is 2. The fourth-order valence-corrected chi connectivity index (χ4v) is 3.65. The lowest BCUT2D eigenvalue weighted by atomic mass is 10.0. The van der Waals surface area contributed by atoms with Gasteiger partial charge in [0.25, 0.3) is 0 Å². The summed E-state index contributed by atoms with van der Waals surface area (Å²) in [5.74, 6) is -0.369. The Balaban J connectivity index is 2.11. The first kappa shape index (κ1) is 21.7. The van der Waals surface area contributed by atoms with Gasteiger partial charge in [0.15, 0.2) is 0 Å². The SMILES string of the molecule is CCOC(=O)c1ccccc1-n1c(C)cc(/C=C(/C#N)c2ccc(Cl)c(Cl)c2)c1C. The number of hydrogen-bond donors (Lipinski definition) is 0. The zero-order valence-corrected chi connectivity index (χ0v) is 18.4. The molecular weight excluding hydrogens is 419 g/mol. The van der Waals surface area contributed by atoms with Crippen LogP contribution in [0.5, 0.6) is 0 Å². The average molecular weight is 439 g/mol. The number of aryl methyl sites for hydroxylation is 1. The van der Waals surface area contributed by atoms with Crippen molar-refractivity contribution in [3.63, 3.8) is 0 Å². The summed E-state index contributed by atoms with van der Waals surface area (Å²) in [4.78, 5) is 12.4. The molecule has 0 bridgehead atoms. The molecule has 0 N–H and O–H groups in total. The molecule has 3 rings (SSSR count). The number of aromatic nitrogens is 1. The van der Waals surface area contributed by atoms with Gasteiger partial charge < -0.3 is 9.30 Å². The van der Waals surface area contributed by atoms with E-state index in [0.29, 0.717) is 33.4 Å². The summed E-state index contributed by atoms with van der Waals surface area (Å²) in [6.45, 7) is 5.99. The molecule has 2 aromatic carbocycles. The topological polar surface area (TPSA) is 55.0 Å². The van der Waals surface area contributed by atoms with Crippen molar-refractivity contribution in [1.82, 2.24) is 4.57 Å². The van der Waals surface area contributed by atoms with Crippen LogP contribution in [0, 0.1) is 25.2 Å². The average Bonchev–Trinajstić information content (AvgIpc) is 3.01. The van der Waals surface area contributed by atoms with Crippen molar-refractivity contribution in [3.05, 3.63) is 86.7 Å². The number of halogens is 2. The van der Waals surface area contributed by atoms with E-state index in [0.717, 1.165) is 22.6 Å². The van der Waals surface area contributed by atoms with Crippen LogP contribution in [-0.2, 0) is 4.74 Å². The van der Waals surface area contributed by atoms with Gasteiger partial charge in [-0.25, -0.2) is 4.79 Å². The number of rotatable bonds is 5. The predicted octanol–water partition coefficient (Wildman–Crippen LogP) is 6.64. The third-order valence-electron chi connectivity index (χ3n) is 4.76. The van der Waals surface area contributed by atoms with Crippen molar-refractivity contribution in [2.75, 3.05) is 6.61 Å². The number of allylic oxidation sites excluding steroid dienone is 1. The lowest BCUT2D eigenvalue weighted by Gasteiger charge is -2.14. The van der Waals surface area contributed by atoms with E-state index >= 15 is 0 Å². The second kappa shape index (κ2) is 9.21. The summed E-state index contributed by atoms with van der Waals surface area (Å²) in [5, 5.41) is 10.5. The fraction of sp³-hybridized carbons (Fsp3) is 0.167. The summed E-state index contributed by atoms with van der Waals surface area (Å²) in [6.07, 6.45) is 1.81. The Labute approximate surface area is 185 Å². The minimum atomic E-state index is -0.369. The molecule has 0 aliphatic carbocycles. The molecule has 0 amide bonds. The van der Waals surface area contributed by atoms with Gasteiger partial charge in [0.05, 0.1) is 39.5 Å². The summed E-state index contributed by atoms with van der Waals surface area (Å²) >= 11 is 12.1. The highest BCUT2D eigenvalue weighted by atomic mass is 35.5. The van der Waals surface area contributed by atoms with Gasteiger partial charge in [0, 0.05) is 11.4 Å². The molecule has 1 aromatic heterocycles. The van der Waals surface area contributed by atoms with E-state index in [1.165, 1.54) is 0 Å². The molecule has 0 aliphatic rings. The molecule has 0 saturated carbocycles. The number of benzene rings is 2. The van der Waals surface area contributed by atoms with Crippen LogP contribution in [0.3, 0.4) is 0 Å². The van der Waals surface area contributed by atoms with Crippen LogP contribution in [-0.4, -0.2) is 17.1 Å². The monoisotopic (exact) mass is 438 g/mol. The van der Waals surface area contributed by atoms with E-state index in [2.05, 4.69) is 6.07 Å². The summed E-state index contributed by atoms with van der Waals surface area (Å²) in [6, 6.07) is 16.6. The number of carbonyl (C=O) groups excluding carboxylic acids is 1. The number of nitriles is 1. The number of para-hydroxylation sites is 1. The largest absolute Gasteiger partial charge is 0.462 e. The van der Waals surface area contributed by atoms with E-state index < -0.39 is 0 Å². The second-order valence-electron chi connectivity index (χ2n) is 6.70. The third kappa shape index (κ3) is 4.28. The highest BCUT2D eigenvalue weighted by molar-refractivity contribution is 6.42. The van der Waals surface area contributed by atoms with Crippen LogP contribution in [0.2, 0.25) is 10.0 Å². The van der Waals surface area contributed by atoms with E-state index in [1.807, 2.05) is 48.8 Å². The minimum Gasteiger partial charge on any atom is -0.462 e. The number of carbonyl (C=O) groups is 1. The quantitative estimate of drug-likeness (QED) is 0.331. The van der Waals surface area contributed by atoms with Gasteiger partial charge in [-0.3, -0.25) is 0 Å². The van der Waals surface area contributed by atoms with Gasteiger partial charge in [-0.1, -0.05) is 41.4 Å². The Kier molecular flexibility index (Phi) is 6.66. The fourth-order valence-electron chi connectivity index (χ4n) is 3.35. The van der Waals surface area contributed by atoms with Crippen molar-refractivity contribution in [2.24, 2.45) is 0 Å². The maximum atomic E-state index is 12.4. The maximum Gasteiger partial charge on any atom is 0.340 e. The molecule has 30 heavy (non-hydrogen) atoms. The molecule has 3 aromatic rings. The Bertz CT molecular complexity index is 1190. The predicted molar refractivity (Wildman–Crippen MR) is 121 cm³/mol. The lowest BCUT2D eigenvalue weighted by molar-refractivity contribution is 0.0526. The first-order chi connectivity index (χ1) is 14.4. The third-order valence-corrected chi connectivity index (χ3v) is 5.50. The normalized spacial score (nSPS) is 11.3. The van der Waals surface area contributed by atoms with E-state index in [-0.39, 0.29) is 5.97 Å². The van der Waals surface area contributed by atoms with E-state index in [4.69, 9.17) is 27.9 Å². The van der Waals surface area contributed by atoms with E-state index in [1.54, 1.807) is 31.2 Å². The molecule has 0 saturated heterocycles. The van der Waals surface area contributed by atoms with Gasteiger partial charge in [-0.15, -0.1) is 0 Å². The zero-order valence-electron chi connectivity index (χ0n) is 16.9. The van der Waals surface area contributed by atoms with Crippen LogP contribution < -0.4 is 0 Å². The van der Waals surface area contributed by atoms with Gasteiger partial charge in [-0.05, 0) is 68.3 Å². The van der Waals surface area contributed by atoms with Crippen molar-refractivity contribution in [3.8, 4) is 11.8 Å². The molecule has 152 valence electrons. The smallest absolute Gasteiger partial charge is 0.340 e. The molecule has 6 heteroatoms. The Morgan fingerprint density at radius 1 is 1.13 bits per heavy atom. The van der Waals surface area contributed by atoms with Crippen LogP contribution in [0.4, 0.5) is 0 Å². The number of hydrogen-bond acceptors (Lipinski definition) is 3. The van der Waals surface area contributed by atoms with E-state index in [9.17, 15) is 10.1 Å². The zero-order chi connectivity index (χ0) is 21.8. The number of esters is 1. The van der Waals surface area contributed by atoms with Crippen molar-refractivity contribution in [1.29, 1.82) is 5.26 Å². The minimum absolute atomic E-state index is 0.306. The first-order valence-corrected chi connectivity index (χ1v) is 10.2. The lowest BCUT2D eigenvalue weighted by Crippen LogP contribution is -2.11. The molecule has 0 aliphatic heterocycles. The highest BCUT2D eigenvalue weighted by Gasteiger charge is 2.18. The Morgan fingerprint density at radius 3 is 2.53 bits per heavy atom. The first-order valence-electron chi connectivity index (χ1n) is 9.40. The second-order valence-corrected chi connectivity index (χ2v) is 7.51. The van der Waals surface area contributed by atoms with Gasteiger partial charge in [0.2, 0.25) is 0 Å². The van der Waals surface area contributed by atoms with Crippen LogP contribution >= 0.6 is 23.2 Å². The summed E-state index contributed by atoms with van der Waals surface area (Å²) < 4.78 is 7.19. The Morgan fingerprint density at radius 2 is 1.87 bits per heavy atom. The maximum absolute atomic E-state index is 12.4. The van der Waals surface area contributed by atoms with Crippen molar-refractivity contribution in [2.45, 2.75) is 20.8 Å². The van der Waals surface area contributed by atoms with Crippen LogP contribution in [0.25, 0.3) is 17.3 Å². The summed E-state index contributed by atoms with van der Waals surface area (Å²) in [5.41, 5.74) is 5.07. The molecule has 1 heterocycles. The number of ether oxygens (including phenoxy) is 1.